The number of rotatable bonds is 0. The monoisotopic (exact) mass is 148 g/mol. The summed E-state index contributed by atoms with van der Waals surface area (Å²) in [6.45, 7) is 4.41. The Hall–Kier alpha value is -1.05. The summed E-state index contributed by atoms with van der Waals surface area (Å²) in [7, 11) is 0. The van der Waals surface area contributed by atoms with E-state index in [0.29, 0.717) is 6.04 Å². The summed E-state index contributed by atoms with van der Waals surface area (Å²) >= 11 is 0. The fourth-order valence-electron chi connectivity index (χ4n) is 1.73. The number of hydrogen-bond acceptors (Lipinski definition) is 2. The first-order chi connectivity index (χ1) is 5.29. The highest BCUT2D eigenvalue weighted by Gasteiger charge is 2.24. The van der Waals surface area contributed by atoms with E-state index in [-0.39, 0.29) is 0 Å². The van der Waals surface area contributed by atoms with Crippen LogP contribution in [0.4, 0.5) is 0 Å². The molecule has 2 aliphatic heterocycles. The summed E-state index contributed by atoms with van der Waals surface area (Å²) in [5, 5.41) is 0. The molecular weight excluding hydrogens is 136 g/mol. The highest BCUT2D eigenvalue weighted by atomic mass is 15.2. The standard InChI is InChI=1S/C9H12N2/c1-7-5-8(2)11-4-3-10-6-9(7)11/h3-4,6,8H,5H2,1-2H3. The summed E-state index contributed by atoms with van der Waals surface area (Å²) in [5.74, 6) is 0. The minimum atomic E-state index is 0.619. The lowest BCUT2D eigenvalue weighted by molar-refractivity contribution is 0.408. The van der Waals surface area contributed by atoms with Gasteiger partial charge in [-0.15, -0.1) is 0 Å². The number of allylic oxidation sites excluding steroid dienone is 1. The molecule has 2 aliphatic rings. The molecule has 0 saturated carbocycles. The lowest BCUT2D eigenvalue weighted by Gasteiger charge is -2.22. The molecule has 0 radical (unpaired) electrons. The predicted molar refractivity (Wildman–Crippen MR) is 46.3 cm³/mol. The zero-order valence-electron chi connectivity index (χ0n) is 6.91. The molecule has 2 heterocycles. The maximum absolute atomic E-state index is 4.10. The maximum atomic E-state index is 4.10. The van der Waals surface area contributed by atoms with Crippen LogP contribution in [0.25, 0.3) is 0 Å². The van der Waals surface area contributed by atoms with Gasteiger partial charge in [0.1, 0.15) is 0 Å². The molecule has 0 spiro atoms. The van der Waals surface area contributed by atoms with Gasteiger partial charge in [0.2, 0.25) is 0 Å². The number of hydrogen-bond donors (Lipinski definition) is 0. The third-order valence-corrected chi connectivity index (χ3v) is 2.30. The summed E-state index contributed by atoms with van der Waals surface area (Å²) in [6.07, 6.45) is 7.01. The van der Waals surface area contributed by atoms with Gasteiger partial charge in [-0.25, -0.2) is 0 Å². The lowest BCUT2D eigenvalue weighted by Crippen LogP contribution is -2.23. The highest BCUT2D eigenvalue weighted by Crippen LogP contribution is 2.28. The van der Waals surface area contributed by atoms with Crippen LogP contribution in [0, 0.1) is 0 Å². The van der Waals surface area contributed by atoms with E-state index >= 15 is 0 Å². The number of aliphatic imine (C=N–C) groups is 1. The molecule has 2 heteroatoms. The van der Waals surface area contributed by atoms with Gasteiger partial charge in [-0.2, -0.15) is 0 Å². The fraction of sp³-hybridized carbons (Fsp3) is 0.444. The van der Waals surface area contributed by atoms with Crippen molar-refractivity contribution in [3.05, 3.63) is 23.7 Å². The third kappa shape index (κ3) is 0.897. The van der Waals surface area contributed by atoms with Gasteiger partial charge < -0.3 is 4.90 Å². The molecule has 58 valence electrons. The van der Waals surface area contributed by atoms with Gasteiger partial charge >= 0.3 is 0 Å². The summed E-state index contributed by atoms with van der Waals surface area (Å²) in [4.78, 5) is 6.38. The minimum absolute atomic E-state index is 0.619. The van der Waals surface area contributed by atoms with Crippen molar-refractivity contribution in [3.8, 4) is 0 Å². The molecule has 0 aromatic carbocycles. The zero-order chi connectivity index (χ0) is 7.84. The van der Waals surface area contributed by atoms with E-state index in [4.69, 9.17) is 0 Å². The molecule has 0 aromatic heterocycles. The quantitative estimate of drug-likeness (QED) is 0.512. The van der Waals surface area contributed by atoms with Crippen molar-refractivity contribution < 1.29 is 0 Å². The SMILES string of the molecule is CC1=C2C=NC=CN2C(C)C1. The van der Waals surface area contributed by atoms with E-state index in [0.717, 1.165) is 0 Å². The molecule has 0 aromatic rings. The average Bonchev–Trinajstić information content (AvgIpc) is 2.30. The van der Waals surface area contributed by atoms with Gasteiger partial charge in [-0.3, -0.25) is 4.99 Å². The summed E-state index contributed by atoms with van der Waals surface area (Å²) in [6, 6.07) is 0.619. The molecule has 11 heavy (non-hydrogen) atoms. The van der Waals surface area contributed by atoms with E-state index in [9.17, 15) is 0 Å². The highest BCUT2D eigenvalue weighted by molar-refractivity contribution is 5.81. The second-order valence-electron chi connectivity index (χ2n) is 3.20. The summed E-state index contributed by atoms with van der Waals surface area (Å²) in [5.41, 5.74) is 2.74. The van der Waals surface area contributed by atoms with Crippen molar-refractivity contribution in [3.63, 3.8) is 0 Å². The van der Waals surface area contributed by atoms with Gasteiger partial charge in [-0.1, -0.05) is 0 Å². The first-order valence-electron chi connectivity index (χ1n) is 3.97. The average molecular weight is 148 g/mol. The Kier molecular flexibility index (Phi) is 1.34. The first-order valence-corrected chi connectivity index (χ1v) is 3.97. The van der Waals surface area contributed by atoms with E-state index in [1.165, 1.54) is 17.7 Å². The predicted octanol–water partition coefficient (Wildman–Crippen LogP) is 1.91. The van der Waals surface area contributed by atoms with Crippen LogP contribution in [0.5, 0.6) is 0 Å². The summed E-state index contributed by atoms with van der Waals surface area (Å²) < 4.78 is 0. The molecule has 0 fully saturated rings. The van der Waals surface area contributed by atoms with E-state index < -0.39 is 0 Å². The molecule has 0 saturated heterocycles. The van der Waals surface area contributed by atoms with Crippen LogP contribution in [-0.4, -0.2) is 17.2 Å². The van der Waals surface area contributed by atoms with E-state index in [2.05, 4.69) is 29.9 Å². The molecule has 0 amide bonds. The molecule has 0 aliphatic carbocycles. The largest absolute Gasteiger partial charge is 0.342 e. The molecule has 0 bridgehead atoms. The second kappa shape index (κ2) is 2.22. The number of nitrogens with zero attached hydrogens (tertiary/aromatic N) is 2. The molecular formula is C9H12N2. The fourth-order valence-corrected chi connectivity index (χ4v) is 1.73. The van der Waals surface area contributed by atoms with Crippen molar-refractivity contribution in [2.45, 2.75) is 26.3 Å². The lowest BCUT2D eigenvalue weighted by atomic mass is 10.2. The number of fused-ring (bicyclic) bond motifs is 1. The Bertz CT molecular complexity index is 261. The Morgan fingerprint density at radius 2 is 2.45 bits per heavy atom. The van der Waals surface area contributed by atoms with Crippen LogP contribution < -0.4 is 0 Å². The van der Waals surface area contributed by atoms with Crippen LogP contribution in [-0.2, 0) is 0 Å². The van der Waals surface area contributed by atoms with Gasteiger partial charge in [0, 0.05) is 18.4 Å². The second-order valence-corrected chi connectivity index (χ2v) is 3.20. The van der Waals surface area contributed by atoms with Gasteiger partial charge in [-0.05, 0) is 25.8 Å². The normalized spacial score (nSPS) is 28.2. The molecule has 2 rings (SSSR count). The zero-order valence-corrected chi connectivity index (χ0v) is 6.91. The first kappa shape index (κ1) is 6.65. The van der Waals surface area contributed by atoms with Crippen LogP contribution in [0.3, 0.4) is 0 Å². The van der Waals surface area contributed by atoms with Crippen LogP contribution in [0.15, 0.2) is 28.7 Å². The van der Waals surface area contributed by atoms with Gasteiger partial charge in [0.05, 0.1) is 11.9 Å². The van der Waals surface area contributed by atoms with Gasteiger partial charge in [0.25, 0.3) is 0 Å². The third-order valence-electron chi connectivity index (χ3n) is 2.30. The Morgan fingerprint density at radius 3 is 3.18 bits per heavy atom. The Morgan fingerprint density at radius 1 is 1.64 bits per heavy atom. The van der Waals surface area contributed by atoms with Crippen LogP contribution in [0.2, 0.25) is 0 Å². The van der Waals surface area contributed by atoms with Crippen molar-refractivity contribution in [2.75, 3.05) is 0 Å². The van der Waals surface area contributed by atoms with Crippen molar-refractivity contribution >= 4 is 6.21 Å². The smallest absolute Gasteiger partial charge is 0.0585 e. The van der Waals surface area contributed by atoms with E-state index in [1.807, 2.05) is 12.4 Å². The van der Waals surface area contributed by atoms with Crippen LogP contribution in [0.1, 0.15) is 20.3 Å². The van der Waals surface area contributed by atoms with Crippen molar-refractivity contribution in [1.29, 1.82) is 0 Å². The molecule has 1 unspecified atom stereocenters. The van der Waals surface area contributed by atoms with Crippen LogP contribution >= 0.6 is 0 Å². The topological polar surface area (TPSA) is 15.6 Å². The molecule has 0 N–H and O–H groups in total. The molecule has 2 nitrogen and oxygen atoms in total. The van der Waals surface area contributed by atoms with Crippen molar-refractivity contribution in [2.24, 2.45) is 4.99 Å². The maximum Gasteiger partial charge on any atom is 0.0585 e. The molecule has 1 atom stereocenters. The minimum Gasteiger partial charge on any atom is -0.342 e. The van der Waals surface area contributed by atoms with Crippen molar-refractivity contribution in [1.82, 2.24) is 4.90 Å². The Labute approximate surface area is 66.9 Å². The van der Waals surface area contributed by atoms with E-state index in [1.54, 1.807) is 0 Å². The Balaban J connectivity index is 2.38. The van der Waals surface area contributed by atoms with Gasteiger partial charge in [0.15, 0.2) is 0 Å².